The minimum atomic E-state index is -3.01. The Balaban J connectivity index is 0.000000636. The Morgan fingerprint density at radius 3 is 2.44 bits per heavy atom. The number of carbonyl (C=O) groups is 1. The highest BCUT2D eigenvalue weighted by Gasteiger charge is 2.17. The number of rotatable bonds is 6. The standard InChI is InChI=1S/C16H13Cl2FN2O5S.C4H9N/c1-8(2)7-25-16-12(18)3-9(6-20-16)26-14-5-13(19)10(4-11(14)17)15(22)21-27(23)24;1-2-4-5-3-1/h3-6,8H,7H2,1-2H3;5H,1-4H2. The first kappa shape index (κ1) is 26.0. The van der Waals surface area contributed by atoms with Crippen LogP contribution in [0, 0.1) is 11.7 Å². The van der Waals surface area contributed by atoms with Crippen LogP contribution in [0.25, 0.3) is 0 Å². The molecule has 3 rings (SSSR count). The van der Waals surface area contributed by atoms with E-state index in [0.717, 1.165) is 12.1 Å². The SMILES string of the molecule is C1CCNC1.CC(C)COc1ncc(Oc2cc(F)c(C(=O)N=S(=O)=O)cc2Cl)cc1Cl. The molecule has 12 heteroatoms. The third-order valence-corrected chi connectivity index (χ3v) is 4.81. The van der Waals surface area contributed by atoms with Gasteiger partial charge in [0, 0.05) is 12.1 Å². The first-order valence-electron chi connectivity index (χ1n) is 9.68. The normalized spacial score (nSPS) is 12.7. The molecule has 2 aromatic rings. The van der Waals surface area contributed by atoms with Gasteiger partial charge in [-0.2, -0.15) is 8.42 Å². The molecular weight excluding hydrogens is 484 g/mol. The Hall–Kier alpha value is -2.27. The molecule has 1 fully saturated rings. The summed E-state index contributed by atoms with van der Waals surface area (Å²) >= 11 is 12.0. The Kier molecular flexibility index (Phi) is 10.3. The predicted octanol–water partition coefficient (Wildman–Crippen LogP) is 4.93. The van der Waals surface area contributed by atoms with Gasteiger partial charge < -0.3 is 14.8 Å². The van der Waals surface area contributed by atoms with Crippen LogP contribution in [0.3, 0.4) is 0 Å². The Morgan fingerprint density at radius 1 is 1.22 bits per heavy atom. The van der Waals surface area contributed by atoms with E-state index in [9.17, 15) is 17.6 Å². The number of benzene rings is 1. The lowest BCUT2D eigenvalue weighted by Gasteiger charge is -2.12. The first-order chi connectivity index (χ1) is 15.2. The number of pyridine rings is 1. The fourth-order valence-electron chi connectivity index (χ4n) is 2.45. The predicted molar refractivity (Wildman–Crippen MR) is 119 cm³/mol. The monoisotopic (exact) mass is 505 g/mol. The van der Waals surface area contributed by atoms with E-state index in [-0.39, 0.29) is 33.3 Å². The Labute approximate surface area is 196 Å². The molecule has 1 saturated heterocycles. The van der Waals surface area contributed by atoms with Crippen molar-refractivity contribution in [3.63, 3.8) is 0 Å². The lowest BCUT2D eigenvalue weighted by molar-refractivity contribution is 0.100. The van der Waals surface area contributed by atoms with Crippen LogP contribution in [0.4, 0.5) is 4.39 Å². The molecule has 0 radical (unpaired) electrons. The summed E-state index contributed by atoms with van der Waals surface area (Å²) in [5, 5.41) is 3.27. The van der Waals surface area contributed by atoms with Crippen molar-refractivity contribution in [1.82, 2.24) is 10.3 Å². The molecule has 0 atom stereocenters. The summed E-state index contributed by atoms with van der Waals surface area (Å²) < 4.78 is 48.5. The van der Waals surface area contributed by atoms with Gasteiger partial charge in [0.2, 0.25) is 5.88 Å². The van der Waals surface area contributed by atoms with Gasteiger partial charge in [0.15, 0.2) is 0 Å². The maximum Gasteiger partial charge on any atom is 0.319 e. The Morgan fingerprint density at radius 2 is 1.91 bits per heavy atom. The number of amides is 1. The number of halogens is 3. The molecule has 1 aromatic carbocycles. The summed E-state index contributed by atoms with van der Waals surface area (Å²) in [4.78, 5) is 15.6. The number of nitrogens with zero attached hydrogens (tertiary/aromatic N) is 2. The molecule has 0 unspecified atom stereocenters. The van der Waals surface area contributed by atoms with Crippen LogP contribution in [-0.2, 0) is 10.5 Å². The number of hydrogen-bond acceptors (Lipinski definition) is 7. The summed E-state index contributed by atoms with van der Waals surface area (Å²) in [6.45, 7) is 6.87. The van der Waals surface area contributed by atoms with Crippen molar-refractivity contribution in [3.05, 3.63) is 45.8 Å². The molecule has 1 N–H and O–H groups in total. The van der Waals surface area contributed by atoms with E-state index in [0.29, 0.717) is 6.61 Å². The van der Waals surface area contributed by atoms with Gasteiger partial charge in [0.05, 0.1) is 23.4 Å². The third-order valence-electron chi connectivity index (χ3n) is 3.93. The first-order valence-corrected chi connectivity index (χ1v) is 11.5. The van der Waals surface area contributed by atoms with Crippen molar-refractivity contribution in [2.45, 2.75) is 26.7 Å². The van der Waals surface area contributed by atoms with Gasteiger partial charge in [-0.3, -0.25) is 4.79 Å². The zero-order chi connectivity index (χ0) is 23.7. The smallest absolute Gasteiger partial charge is 0.319 e. The van der Waals surface area contributed by atoms with E-state index in [1.165, 1.54) is 38.2 Å². The molecule has 1 aliphatic rings. The molecule has 0 aliphatic carbocycles. The maximum absolute atomic E-state index is 14.1. The van der Waals surface area contributed by atoms with Gasteiger partial charge in [-0.05, 0) is 37.9 Å². The zero-order valence-electron chi connectivity index (χ0n) is 17.4. The second-order valence-electron chi connectivity index (χ2n) is 7.10. The summed E-state index contributed by atoms with van der Waals surface area (Å²) in [7, 11) is -3.01. The van der Waals surface area contributed by atoms with Crippen molar-refractivity contribution < 1.29 is 27.1 Å². The van der Waals surface area contributed by atoms with Crippen LogP contribution in [0.5, 0.6) is 17.4 Å². The fraction of sp³-hybridized carbons (Fsp3) is 0.400. The summed E-state index contributed by atoms with van der Waals surface area (Å²) in [5.41, 5.74) is -0.606. The molecule has 0 bridgehead atoms. The maximum atomic E-state index is 14.1. The van der Waals surface area contributed by atoms with E-state index in [1.807, 2.05) is 13.8 Å². The van der Waals surface area contributed by atoms with Crippen molar-refractivity contribution in [2.75, 3.05) is 19.7 Å². The van der Waals surface area contributed by atoms with Crippen LogP contribution in [0.2, 0.25) is 10.0 Å². The van der Waals surface area contributed by atoms with E-state index < -0.39 is 27.8 Å². The summed E-state index contributed by atoms with van der Waals surface area (Å²) in [6, 6.07) is 3.16. The molecule has 1 aromatic heterocycles. The second-order valence-corrected chi connectivity index (χ2v) is 8.53. The number of hydrogen-bond donors (Lipinski definition) is 1. The topological polar surface area (TPSA) is 107 Å². The average Bonchev–Trinajstić information content (AvgIpc) is 3.29. The van der Waals surface area contributed by atoms with Crippen molar-refractivity contribution in [1.29, 1.82) is 0 Å². The molecule has 0 saturated carbocycles. The molecular formula is C20H22Cl2FN3O5S. The second kappa shape index (κ2) is 12.7. The highest BCUT2D eigenvalue weighted by molar-refractivity contribution is 7.62. The molecule has 1 aliphatic heterocycles. The van der Waals surface area contributed by atoms with Gasteiger partial charge in [0.1, 0.15) is 22.3 Å². The number of aromatic nitrogens is 1. The molecule has 174 valence electrons. The number of nitrogens with one attached hydrogen (secondary N) is 1. The van der Waals surface area contributed by atoms with Crippen LogP contribution in [0.1, 0.15) is 37.0 Å². The van der Waals surface area contributed by atoms with E-state index >= 15 is 0 Å². The minimum Gasteiger partial charge on any atom is -0.476 e. The number of ether oxygens (including phenoxy) is 2. The van der Waals surface area contributed by atoms with Gasteiger partial charge in [-0.1, -0.05) is 41.4 Å². The Bertz CT molecular complexity index is 1080. The third kappa shape index (κ3) is 8.34. The van der Waals surface area contributed by atoms with Crippen LogP contribution in [-0.4, -0.2) is 39.0 Å². The van der Waals surface area contributed by atoms with Crippen molar-refractivity contribution in [3.8, 4) is 17.4 Å². The van der Waals surface area contributed by atoms with Crippen molar-refractivity contribution >= 4 is 39.6 Å². The number of carbonyl (C=O) groups excluding carboxylic acids is 1. The molecule has 1 amide bonds. The van der Waals surface area contributed by atoms with Gasteiger partial charge in [-0.25, -0.2) is 9.37 Å². The molecule has 32 heavy (non-hydrogen) atoms. The van der Waals surface area contributed by atoms with E-state index in [1.54, 1.807) is 0 Å². The van der Waals surface area contributed by atoms with Crippen molar-refractivity contribution in [2.24, 2.45) is 10.3 Å². The van der Waals surface area contributed by atoms with Gasteiger partial charge in [0.25, 0.3) is 5.91 Å². The van der Waals surface area contributed by atoms with Gasteiger partial charge >= 0.3 is 10.5 Å². The molecule has 2 heterocycles. The quantitative estimate of drug-likeness (QED) is 0.592. The lowest BCUT2D eigenvalue weighted by atomic mass is 10.2. The van der Waals surface area contributed by atoms with E-state index in [4.69, 9.17) is 32.7 Å². The average molecular weight is 506 g/mol. The van der Waals surface area contributed by atoms with Crippen LogP contribution >= 0.6 is 23.2 Å². The molecule has 0 spiro atoms. The van der Waals surface area contributed by atoms with E-state index in [2.05, 4.69) is 14.7 Å². The molecule has 8 nitrogen and oxygen atoms in total. The highest BCUT2D eigenvalue weighted by Crippen LogP contribution is 2.34. The van der Waals surface area contributed by atoms with Crippen LogP contribution < -0.4 is 14.8 Å². The minimum absolute atomic E-state index is 0.123. The highest BCUT2D eigenvalue weighted by atomic mass is 35.5. The van der Waals surface area contributed by atoms with Gasteiger partial charge in [-0.15, -0.1) is 0 Å². The lowest BCUT2D eigenvalue weighted by Crippen LogP contribution is -2.06. The van der Waals surface area contributed by atoms with Crippen LogP contribution in [0.15, 0.2) is 28.8 Å². The zero-order valence-corrected chi connectivity index (χ0v) is 19.7. The summed E-state index contributed by atoms with van der Waals surface area (Å²) in [5.74, 6) is -1.80. The summed E-state index contributed by atoms with van der Waals surface area (Å²) in [6.07, 6.45) is 4.09. The fourth-order valence-corrected chi connectivity index (χ4v) is 3.10. The largest absolute Gasteiger partial charge is 0.476 e.